The maximum absolute atomic E-state index is 5.20. The highest BCUT2D eigenvalue weighted by molar-refractivity contribution is 5.42. The van der Waals surface area contributed by atoms with E-state index in [9.17, 15) is 0 Å². The third kappa shape index (κ3) is 2.84. The van der Waals surface area contributed by atoms with Gasteiger partial charge in [0.1, 0.15) is 12.1 Å². The molecule has 1 aliphatic rings. The molecule has 1 N–H and O–H groups in total. The molecule has 1 heterocycles. The van der Waals surface area contributed by atoms with Crippen molar-refractivity contribution in [1.82, 2.24) is 9.97 Å². The molecule has 0 saturated heterocycles. The number of anilines is 1. The fourth-order valence-electron chi connectivity index (χ4n) is 2.27. The van der Waals surface area contributed by atoms with Crippen LogP contribution in [0.4, 0.5) is 5.69 Å². The second-order valence-corrected chi connectivity index (χ2v) is 4.86. The van der Waals surface area contributed by atoms with Gasteiger partial charge in [0, 0.05) is 0 Å². The molecule has 0 bridgehead atoms. The average Bonchev–Trinajstić information content (AvgIpc) is 3.31. The third-order valence-electron chi connectivity index (χ3n) is 3.45. The molecule has 4 nitrogen and oxygen atoms in total. The Balaban J connectivity index is 1.80. The number of benzene rings is 1. The quantitative estimate of drug-likeness (QED) is 0.892. The molecular formula is C15H17N3O. The second kappa shape index (κ2) is 5.26. The molecular weight excluding hydrogens is 238 g/mol. The van der Waals surface area contributed by atoms with Crippen LogP contribution in [-0.2, 0) is 0 Å². The Kier molecular flexibility index (Phi) is 3.31. The number of hydrogen-bond donors (Lipinski definition) is 1. The Morgan fingerprint density at radius 1 is 1.16 bits per heavy atom. The van der Waals surface area contributed by atoms with Gasteiger partial charge in [-0.3, -0.25) is 0 Å². The Labute approximate surface area is 112 Å². The molecule has 0 radical (unpaired) electrons. The summed E-state index contributed by atoms with van der Waals surface area (Å²) in [6.07, 6.45) is 7.72. The first-order valence-electron chi connectivity index (χ1n) is 6.52. The van der Waals surface area contributed by atoms with Crippen LogP contribution in [-0.4, -0.2) is 17.1 Å². The number of methoxy groups -OCH3 is 1. The molecule has 0 spiro atoms. The van der Waals surface area contributed by atoms with E-state index in [0.29, 0.717) is 12.0 Å². The molecule has 3 rings (SSSR count). The SMILES string of the molecule is COc1ccc(C(Nc2cncnc2)C2CC2)cc1. The number of hydrogen-bond acceptors (Lipinski definition) is 4. The molecule has 2 aromatic rings. The summed E-state index contributed by atoms with van der Waals surface area (Å²) in [6, 6.07) is 8.59. The van der Waals surface area contributed by atoms with Crippen molar-refractivity contribution < 1.29 is 4.74 Å². The van der Waals surface area contributed by atoms with Crippen LogP contribution in [0.2, 0.25) is 0 Å². The predicted octanol–water partition coefficient (Wildman–Crippen LogP) is 3.05. The number of aromatic nitrogens is 2. The number of nitrogens with zero attached hydrogens (tertiary/aromatic N) is 2. The summed E-state index contributed by atoms with van der Waals surface area (Å²) < 4.78 is 5.20. The lowest BCUT2D eigenvalue weighted by Crippen LogP contribution is -2.13. The van der Waals surface area contributed by atoms with E-state index in [-0.39, 0.29) is 0 Å². The van der Waals surface area contributed by atoms with E-state index in [1.807, 2.05) is 24.5 Å². The van der Waals surface area contributed by atoms with Crippen molar-refractivity contribution in [2.75, 3.05) is 12.4 Å². The van der Waals surface area contributed by atoms with Gasteiger partial charge >= 0.3 is 0 Å². The zero-order chi connectivity index (χ0) is 13.1. The largest absolute Gasteiger partial charge is 0.497 e. The maximum atomic E-state index is 5.20. The molecule has 0 aliphatic heterocycles. The van der Waals surface area contributed by atoms with Crippen LogP contribution in [0, 0.1) is 5.92 Å². The molecule has 1 unspecified atom stereocenters. The topological polar surface area (TPSA) is 47.0 Å². The first kappa shape index (κ1) is 12.0. The van der Waals surface area contributed by atoms with E-state index in [4.69, 9.17) is 4.74 Å². The molecule has 1 saturated carbocycles. The predicted molar refractivity (Wildman–Crippen MR) is 74.1 cm³/mol. The van der Waals surface area contributed by atoms with Gasteiger partial charge in [-0.15, -0.1) is 0 Å². The van der Waals surface area contributed by atoms with Gasteiger partial charge in [0.2, 0.25) is 0 Å². The van der Waals surface area contributed by atoms with Crippen LogP contribution >= 0.6 is 0 Å². The summed E-state index contributed by atoms with van der Waals surface area (Å²) >= 11 is 0. The zero-order valence-corrected chi connectivity index (χ0v) is 10.9. The minimum atomic E-state index is 0.330. The molecule has 1 aromatic heterocycles. The summed E-state index contributed by atoms with van der Waals surface area (Å²) in [4.78, 5) is 8.09. The van der Waals surface area contributed by atoms with Gasteiger partial charge in [0.05, 0.1) is 31.2 Å². The van der Waals surface area contributed by atoms with Gasteiger partial charge in [0.25, 0.3) is 0 Å². The summed E-state index contributed by atoms with van der Waals surface area (Å²) in [5.41, 5.74) is 2.25. The highest BCUT2D eigenvalue weighted by atomic mass is 16.5. The molecule has 0 amide bonds. The highest BCUT2D eigenvalue weighted by Crippen LogP contribution is 2.42. The van der Waals surface area contributed by atoms with E-state index >= 15 is 0 Å². The molecule has 1 atom stereocenters. The van der Waals surface area contributed by atoms with Crippen LogP contribution < -0.4 is 10.1 Å². The van der Waals surface area contributed by atoms with Crippen molar-refractivity contribution in [3.05, 3.63) is 48.5 Å². The van der Waals surface area contributed by atoms with Gasteiger partial charge < -0.3 is 10.1 Å². The minimum absolute atomic E-state index is 0.330. The van der Waals surface area contributed by atoms with Crippen molar-refractivity contribution >= 4 is 5.69 Å². The summed E-state index contributed by atoms with van der Waals surface area (Å²) in [6.45, 7) is 0. The molecule has 4 heteroatoms. The Bertz CT molecular complexity index is 523. The first-order valence-corrected chi connectivity index (χ1v) is 6.52. The lowest BCUT2D eigenvalue weighted by atomic mass is 10.0. The lowest BCUT2D eigenvalue weighted by molar-refractivity contribution is 0.414. The van der Waals surface area contributed by atoms with Crippen LogP contribution in [0.1, 0.15) is 24.4 Å². The van der Waals surface area contributed by atoms with Gasteiger partial charge in [-0.2, -0.15) is 0 Å². The Morgan fingerprint density at radius 3 is 2.42 bits per heavy atom. The zero-order valence-electron chi connectivity index (χ0n) is 10.9. The van der Waals surface area contributed by atoms with Crippen LogP contribution in [0.25, 0.3) is 0 Å². The van der Waals surface area contributed by atoms with Crippen LogP contribution in [0.15, 0.2) is 43.0 Å². The number of nitrogens with one attached hydrogen (secondary N) is 1. The van der Waals surface area contributed by atoms with Crippen molar-refractivity contribution in [3.63, 3.8) is 0 Å². The Hall–Kier alpha value is -2.10. The van der Waals surface area contributed by atoms with Gasteiger partial charge in [0.15, 0.2) is 0 Å². The summed E-state index contributed by atoms with van der Waals surface area (Å²) in [5.74, 6) is 1.59. The van der Waals surface area contributed by atoms with E-state index in [1.54, 1.807) is 13.4 Å². The summed E-state index contributed by atoms with van der Waals surface area (Å²) in [5, 5.41) is 3.53. The van der Waals surface area contributed by atoms with Crippen molar-refractivity contribution in [2.24, 2.45) is 5.92 Å². The number of ether oxygens (including phenoxy) is 1. The van der Waals surface area contributed by atoms with Crippen molar-refractivity contribution in [1.29, 1.82) is 0 Å². The molecule has 1 fully saturated rings. The van der Waals surface area contributed by atoms with Crippen molar-refractivity contribution in [3.8, 4) is 5.75 Å². The van der Waals surface area contributed by atoms with E-state index in [1.165, 1.54) is 18.4 Å². The van der Waals surface area contributed by atoms with E-state index in [0.717, 1.165) is 11.4 Å². The second-order valence-electron chi connectivity index (χ2n) is 4.86. The number of rotatable bonds is 5. The maximum Gasteiger partial charge on any atom is 0.118 e. The molecule has 19 heavy (non-hydrogen) atoms. The summed E-state index contributed by atoms with van der Waals surface area (Å²) in [7, 11) is 1.69. The average molecular weight is 255 g/mol. The fraction of sp³-hybridized carbons (Fsp3) is 0.333. The van der Waals surface area contributed by atoms with Crippen molar-refractivity contribution in [2.45, 2.75) is 18.9 Å². The van der Waals surface area contributed by atoms with E-state index in [2.05, 4.69) is 27.4 Å². The van der Waals surface area contributed by atoms with Gasteiger partial charge in [-0.25, -0.2) is 9.97 Å². The normalized spacial score (nSPS) is 15.8. The van der Waals surface area contributed by atoms with Gasteiger partial charge in [-0.05, 0) is 36.5 Å². The standard InChI is InChI=1S/C15H17N3O/c1-19-14-6-4-12(5-7-14)15(11-2-3-11)18-13-8-16-10-17-9-13/h4-11,15,18H,2-3H2,1H3. The minimum Gasteiger partial charge on any atom is -0.497 e. The molecule has 1 aromatic carbocycles. The smallest absolute Gasteiger partial charge is 0.118 e. The van der Waals surface area contributed by atoms with Gasteiger partial charge in [-0.1, -0.05) is 12.1 Å². The highest BCUT2D eigenvalue weighted by Gasteiger charge is 2.32. The monoisotopic (exact) mass is 255 g/mol. The molecule has 98 valence electrons. The lowest BCUT2D eigenvalue weighted by Gasteiger charge is -2.19. The third-order valence-corrected chi connectivity index (χ3v) is 3.45. The fourth-order valence-corrected chi connectivity index (χ4v) is 2.27. The molecule has 1 aliphatic carbocycles. The van der Waals surface area contributed by atoms with Crippen LogP contribution in [0.5, 0.6) is 5.75 Å². The van der Waals surface area contributed by atoms with Crippen LogP contribution in [0.3, 0.4) is 0 Å². The van der Waals surface area contributed by atoms with E-state index < -0.39 is 0 Å². The Morgan fingerprint density at radius 2 is 1.84 bits per heavy atom. The first-order chi connectivity index (χ1) is 9.36.